The van der Waals surface area contributed by atoms with Gasteiger partial charge in [-0.2, -0.15) is 0 Å². The highest BCUT2D eigenvalue weighted by molar-refractivity contribution is 7.88. The second-order valence-electron chi connectivity index (χ2n) is 5.71. The summed E-state index contributed by atoms with van der Waals surface area (Å²) in [6.45, 7) is 6.26. The summed E-state index contributed by atoms with van der Waals surface area (Å²) in [5.74, 6) is 0.370. The van der Waals surface area contributed by atoms with E-state index >= 15 is 0 Å². The standard InChI is InChI=1S/C14H24N2O2S.ClH/c1-12(2)9-14(3,11-15)16-19(17,18)10-13-7-5-4-6-8-13;/h4-8,12,16H,9-11,15H2,1-3H3;1H. The van der Waals surface area contributed by atoms with Crippen LogP contribution in [0.15, 0.2) is 30.3 Å². The van der Waals surface area contributed by atoms with E-state index in [2.05, 4.69) is 18.6 Å². The molecule has 4 nitrogen and oxygen atoms in total. The monoisotopic (exact) mass is 320 g/mol. The summed E-state index contributed by atoms with van der Waals surface area (Å²) in [4.78, 5) is 0. The number of hydrogen-bond acceptors (Lipinski definition) is 3. The van der Waals surface area contributed by atoms with Gasteiger partial charge in [-0.05, 0) is 24.8 Å². The molecule has 20 heavy (non-hydrogen) atoms. The van der Waals surface area contributed by atoms with Gasteiger partial charge in [0.05, 0.1) is 5.75 Å². The molecular weight excluding hydrogens is 296 g/mol. The number of nitrogens with one attached hydrogen (secondary N) is 1. The summed E-state index contributed by atoms with van der Waals surface area (Å²) in [5, 5.41) is 0. The van der Waals surface area contributed by atoms with Crippen LogP contribution in [0.5, 0.6) is 0 Å². The third-order valence-corrected chi connectivity index (χ3v) is 4.43. The minimum Gasteiger partial charge on any atom is -0.329 e. The average Bonchev–Trinajstić information content (AvgIpc) is 2.27. The third kappa shape index (κ3) is 6.70. The van der Waals surface area contributed by atoms with E-state index in [0.29, 0.717) is 12.5 Å². The van der Waals surface area contributed by atoms with Crippen molar-refractivity contribution in [1.29, 1.82) is 0 Å². The zero-order chi connectivity index (χ0) is 14.5. The summed E-state index contributed by atoms with van der Waals surface area (Å²) in [7, 11) is -3.38. The molecular formula is C14H25ClN2O2S. The first-order chi connectivity index (χ1) is 8.76. The molecule has 0 aliphatic carbocycles. The van der Waals surface area contributed by atoms with Crippen molar-refractivity contribution in [2.45, 2.75) is 38.5 Å². The molecule has 0 saturated heterocycles. The topological polar surface area (TPSA) is 72.2 Å². The highest BCUT2D eigenvalue weighted by Gasteiger charge is 2.29. The van der Waals surface area contributed by atoms with Gasteiger partial charge in [0.15, 0.2) is 0 Å². The second kappa shape index (κ2) is 7.98. The fourth-order valence-corrected chi connectivity index (χ4v) is 3.89. The average molecular weight is 321 g/mol. The van der Waals surface area contributed by atoms with E-state index in [1.807, 2.05) is 37.3 Å². The molecule has 0 aliphatic heterocycles. The van der Waals surface area contributed by atoms with E-state index < -0.39 is 15.6 Å². The summed E-state index contributed by atoms with van der Waals surface area (Å²) in [6, 6.07) is 9.15. The predicted octanol–water partition coefficient (Wildman–Crippen LogP) is 2.29. The Morgan fingerprint density at radius 1 is 1.25 bits per heavy atom. The van der Waals surface area contributed by atoms with E-state index in [1.165, 1.54) is 0 Å². The van der Waals surface area contributed by atoms with Crippen molar-refractivity contribution in [3.05, 3.63) is 35.9 Å². The fourth-order valence-electron chi connectivity index (χ4n) is 2.27. The molecule has 0 bridgehead atoms. The maximum absolute atomic E-state index is 12.2. The van der Waals surface area contributed by atoms with Gasteiger partial charge in [-0.3, -0.25) is 0 Å². The van der Waals surface area contributed by atoms with E-state index in [4.69, 9.17) is 5.73 Å². The van der Waals surface area contributed by atoms with Crippen LogP contribution in [-0.4, -0.2) is 20.5 Å². The van der Waals surface area contributed by atoms with Crippen LogP contribution in [0.1, 0.15) is 32.8 Å². The van der Waals surface area contributed by atoms with Crippen molar-refractivity contribution in [1.82, 2.24) is 4.72 Å². The van der Waals surface area contributed by atoms with Gasteiger partial charge in [0.25, 0.3) is 0 Å². The third-order valence-electron chi connectivity index (χ3n) is 2.91. The number of halogens is 1. The first-order valence-electron chi connectivity index (χ1n) is 6.52. The van der Waals surface area contributed by atoms with Gasteiger partial charge in [0.2, 0.25) is 10.0 Å². The van der Waals surface area contributed by atoms with Crippen LogP contribution in [0.3, 0.4) is 0 Å². The lowest BCUT2D eigenvalue weighted by Crippen LogP contribution is -2.52. The molecule has 1 rings (SSSR count). The molecule has 1 unspecified atom stereocenters. The van der Waals surface area contributed by atoms with Crippen molar-refractivity contribution in [2.24, 2.45) is 11.7 Å². The summed E-state index contributed by atoms with van der Waals surface area (Å²) < 4.78 is 27.1. The van der Waals surface area contributed by atoms with Crippen LogP contribution >= 0.6 is 12.4 Å². The Kier molecular flexibility index (Phi) is 7.73. The number of rotatable bonds is 7. The second-order valence-corrected chi connectivity index (χ2v) is 7.43. The van der Waals surface area contributed by atoms with Crippen molar-refractivity contribution in [3.8, 4) is 0 Å². The molecule has 1 aromatic carbocycles. The number of sulfonamides is 1. The maximum atomic E-state index is 12.2. The molecule has 0 spiro atoms. The molecule has 0 radical (unpaired) electrons. The lowest BCUT2D eigenvalue weighted by atomic mass is 9.92. The summed E-state index contributed by atoms with van der Waals surface area (Å²) in [6.07, 6.45) is 0.720. The molecule has 0 fully saturated rings. The molecule has 0 aromatic heterocycles. The fraction of sp³-hybridized carbons (Fsp3) is 0.571. The van der Waals surface area contributed by atoms with E-state index in [-0.39, 0.29) is 18.2 Å². The zero-order valence-corrected chi connectivity index (χ0v) is 13.9. The molecule has 3 N–H and O–H groups in total. The van der Waals surface area contributed by atoms with Crippen LogP contribution in [0.25, 0.3) is 0 Å². The Morgan fingerprint density at radius 2 is 1.80 bits per heavy atom. The van der Waals surface area contributed by atoms with E-state index in [9.17, 15) is 8.42 Å². The molecule has 116 valence electrons. The smallest absolute Gasteiger partial charge is 0.216 e. The largest absolute Gasteiger partial charge is 0.329 e. The van der Waals surface area contributed by atoms with Crippen molar-refractivity contribution in [3.63, 3.8) is 0 Å². The lowest BCUT2D eigenvalue weighted by molar-refractivity contribution is 0.344. The van der Waals surface area contributed by atoms with Gasteiger partial charge in [-0.25, -0.2) is 13.1 Å². The molecule has 0 amide bonds. The van der Waals surface area contributed by atoms with Gasteiger partial charge in [-0.1, -0.05) is 44.2 Å². The first-order valence-corrected chi connectivity index (χ1v) is 8.17. The lowest BCUT2D eigenvalue weighted by Gasteiger charge is -2.30. The number of hydrogen-bond donors (Lipinski definition) is 2. The Labute approximate surface area is 128 Å². The van der Waals surface area contributed by atoms with E-state index in [1.54, 1.807) is 0 Å². The van der Waals surface area contributed by atoms with E-state index in [0.717, 1.165) is 12.0 Å². The number of benzene rings is 1. The van der Waals surface area contributed by atoms with Crippen LogP contribution in [0.2, 0.25) is 0 Å². The Balaban J connectivity index is 0.00000361. The molecule has 0 aliphatic rings. The first kappa shape index (κ1) is 19.4. The summed E-state index contributed by atoms with van der Waals surface area (Å²) >= 11 is 0. The van der Waals surface area contributed by atoms with Gasteiger partial charge in [0, 0.05) is 12.1 Å². The van der Waals surface area contributed by atoms with Crippen LogP contribution in [0.4, 0.5) is 0 Å². The highest BCUT2D eigenvalue weighted by atomic mass is 35.5. The minimum absolute atomic E-state index is 0. The maximum Gasteiger partial charge on any atom is 0.216 e. The molecule has 6 heteroatoms. The van der Waals surface area contributed by atoms with Gasteiger partial charge >= 0.3 is 0 Å². The Hall–Kier alpha value is -0.620. The Bertz CT molecular complexity index is 491. The summed E-state index contributed by atoms with van der Waals surface area (Å²) in [5.41, 5.74) is 5.92. The molecule has 0 heterocycles. The van der Waals surface area contributed by atoms with Crippen molar-refractivity contribution in [2.75, 3.05) is 6.54 Å². The highest BCUT2D eigenvalue weighted by Crippen LogP contribution is 2.17. The van der Waals surface area contributed by atoms with Crippen molar-refractivity contribution < 1.29 is 8.42 Å². The molecule has 1 atom stereocenters. The zero-order valence-electron chi connectivity index (χ0n) is 12.3. The van der Waals surface area contributed by atoms with Crippen molar-refractivity contribution >= 4 is 22.4 Å². The minimum atomic E-state index is -3.38. The number of nitrogens with two attached hydrogens (primary N) is 1. The van der Waals surface area contributed by atoms with Crippen LogP contribution in [0, 0.1) is 5.92 Å². The quantitative estimate of drug-likeness (QED) is 0.809. The SMILES string of the molecule is CC(C)CC(C)(CN)NS(=O)(=O)Cc1ccccc1.Cl. The molecule has 1 aromatic rings. The normalized spacial score (nSPS) is 14.7. The van der Waals surface area contributed by atoms with Gasteiger partial charge in [-0.15, -0.1) is 12.4 Å². The Morgan fingerprint density at radius 3 is 2.25 bits per heavy atom. The molecule has 0 saturated carbocycles. The van der Waals surface area contributed by atoms with Gasteiger partial charge < -0.3 is 5.73 Å². The van der Waals surface area contributed by atoms with Crippen LogP contribution in [-0.2, 0) is 15.8 Å². The van der Waals surface area contributed by atoms with Gasteiger partial charge in [0.1, 0.15) is 0 Å². The van der Waals surface area contributed by atoms with Crippen LogP contribution < -0.4 is 10.5 Å². The predicted molar refractivity (Wildman–Crippen MR) is 86.4 cm³/mol.